The van der Waals surface area contributed by atoms with Gasteiger partial charge in [-0.3, -0.25) is 4.79 Å². The molecule has 3 aromatic carbocycles. The highest BCUT2D eigenvalue weighted by Crippen LogP contribution is 2.27. The van der Waals surface area contributed by atoms with E-state index < -0.39 is 5.82 Å². The Kier molecular flexibility index (Phi) is 5.68. The Morgan fingerprint density at radius 2 is 1.73 bits per heavy atom. The van der Waals surface area contributed by atoms with Gasteiger partial charge in [-0.2, -0.15) is 0 Å². The second-order valence-corrected chi connectivity index (χ2v) is 6.79. The lowest BCUT2D eigenvalue weighted by molar-refractivity contribution is 0.102. The SMILES string of the molecule is CN(Cc1ccccc1)c1ccccc1NC(=O)c1cc(F)ccc1Br. The number of nitrogens with one attached hydrogen (secondary N) is 1. The predicted molar refractivity (Wildman–Crippen MR) is 107 cm³/mol. The third-order valence-corrected chi connectivity index (χ3v) is 4.69. The smallest absolute Gasteiger partial charge is 0.256 e. The Labute approximate surface area is 160 Å². The molecule has 0 heterocycles. The fourth-order valence-electron chi connectivity index (χ4n) is 2.72. The van der Waals surface area contributed by atoms with Crippen molar-refractivity contribution < 1.29 is 9.18 Å². The van der Waals surface area contributed by atoms with Crippen LogP contribution in [0.2, 0.25) is 0 Å². The van der Waals surface area contributed by atoms with Gasteiger partial charge < -0.3 is 10.2 Å². The summed E-state index contributed by atoms with van der Waals surface area (Å²) < 4.78 is 14.0. The van der Waals surface area contributed by atoms with Gasteiger partial charge in [0, 0.05) is 18.1 Å². The lowest BCUT2D eigenvalue weighted by atomic mass is 10.1. The highest BCUT2D eigenvalue weighted by molar-refractivity contribution is 9.10. The van der Waals surface area contributed by atoms with E-state index in [9.17, 15) is 9.18 Å². The summed E-state index contributed by atoms with van der Waals surface area (Å²) in [7, 11) is 1.97. The van der Waals surface area contributed by atoms with E-state index in [4.69, 9.17) is 0 Å². The highest BCUT2D eigenvalue weighted by Gasteiger charge is 2.14. The summed E-state index contributed by atoms with van der Waals surface area (Å²) >= 11 is 3.30. The molecule has 0 aliphatic heterocycles. The first kappa shape index (κ1) is 18.1. The maximum Gasteiger partial charge on any atom is 0.256 e. The average molecular weight is 413 g/mol. The third kappa shape index (κ3) is 4.29. The molecule has 3 rings (SSSR count). The molecule has 0 saturated heterocycles. The van der Waals surface area contributed by atoms with E-state index in [2.05, 4.69) is 38.3 Å². The minimum Gasteiger partial charge on any atom is -0.369 e. The number of nitrogens with zero attached hydrogens (tertiary/aromatic N) is 1. The first-order valence-corrected chi connectivity index (χ1v) is 8.94. The first-order chi connectivity index (χ1) is 12.5. The molecule has 132 valence electrons. The number of hydrogen-bond acceptors (Lipinski definition) is 2. The summed E-state index contributed by atoms with van der Waals surface area (Å²) in [6.07, 6.45) is 0. The number of anilines is 2. The van der Waals surface area contributed by atoms with Crippen LogP contribution >= 0.6 is 15.9 Å². The number of hydrogen-bond donors (Lipinski definition) is 1. The summed E-state index contributed by atoms with van der Waals surface area (Å²) in [5.41, 5.74) is 2.99. The van der Waals surface area contributed by atoms with Gasteiger partial charge in [0.25, 0.3) is 5.91 Å². The van der Waals surface area contributed by atoms with E-state index >= 15 is 0 Å². The zero-order valence-electron chi connectivity index (χ0n) is 14.2. The van der Waals surface area contributed by atoms with Crippen molar-refractivity contribution >= 4 is 33.2 Å². The van der Waals surface area contributed by atoms with Gasteiger partial charge in [-0.1, -0.05) is 42.5 Å². The Balaban J connectivity index is 1.83. The lowest BCUT2D eigenvalue weighted by Crippen LogP contribution is -2.20. The quantitative estimate of drug-likeness (QED) is 0.601. The molecule has 0 saturated carbocycles. The average Bonchev–Trinajstić information content (AvgIpc) is 2.65. The second kappa shape index (κ2) is 8.15. The van der Waals surface area contributed by atoms with Gasteiger partial charge in [0.2, 0.25) is 0 Å². The van der Waals surface area contributed by atoms with Crippen LogP contribution in [-0.4, -0.2) is 13.0 Å². The molecule has 0 aliphatic rings. The largest absolute Gasteiger partial charge is 0.369 e. The fourth-order valence-corrected chi connectivity index (χ4v) is 3.14. The summed E-state index contributed by atoms with van der Waals surface area (Å²) in [6.45, 7) is 0.706. The number of amides is 1. The number of halogens is 2. The molecule has 3 aromatic rings. The molecule has 5 heteroatoms. The van der Waals surface area contributed by atoms with Crippen LogP contribution in [0.3, 0.4) is 0 Å². The predicted octanol–water partition coefficient (Wildman–Crippen LogP) is 5.48. The van der Waals surface area contributed by atoms with Crippen LogP contribution in [-0.2, 0) is 6.54 Å². The van der Waals surface area contributed by atoms with E-state index in [1.54, 1.807) is 0 Å². The van der Waals surface area contributed by atoms with Crippen molar-refractivity contribution in [1.29, 1.82) is 0 Å². The van der Waals surface area contributed by atoms with Gasteiger partial charge >= 0.3 is 0 Å². The standard InChI is InChI=1S/C21H18BrFN2O/c1-25(14-15-7-3-2-4-8-15)20-10-6-5-9-19(20)24-21(26)17-13-16(23)11-12-18(17)22/h2-13H,14H2,1H3,(H,24,26). The Morgan fingerprint density at radius 3 is 2.50 bits per heavy atom. The van der Waals surface area contributed by atoms with Crippen molar-refractivity contribution in [2.45, 2.75) is 6.54 Å². The number of carbonyl (C=O) groups is 1. The first-order valence-electron chi connectivity index (χ1n) is 8.15. The number of rotatable bonds is 5. The molecule has 0 unspecified atom stereocenters. The topological polar surface area (TPSA) is 32.3 Å². The van der Waals surface area contributed by atoms with Gasteiger partial charge in [-0.05, 0) is 51.8 Å². The van der Waals surface area contributed by atoms with E-state index in [1.807, 2.05) is 49.5 Å². The van der Waals surface area contributed by atoms with Crippen molar-refractivity contribution in [3.8, 4) is 0 Å². The molecular formula is C21H18BrFN2O. The van der Waals surface area contributed by atoms with E-state index in [0.717, 1.165) is 5.69 Å². The van der Waals surface area contributed by atoms with Gasteiger partial charge in [-0.15, -0.1) is 0 Å². The summed E-state index contributed by atoms with van der Waals surface area (Å²) in [5.74, 6) is -0.815. The lowest BCUT2D eigenvalue weighted by Gasteiger charge is -2.23. The molecule has 26 heavy (non-hydrogen) atoms. The Hall–Kier alpha value is -2.66. The zero-order chi connectivity index (χ0) is 18.5. The molecule has 1 amide bonds. The monoisotopic (exact) mass is 412 g/mol. The Morgan fingerprint density at radius 1 is 1.04 bits per heavy atom. The maximum absolute atomic E-state index is 13.5. The molecule has 0 radical (unpaired) electrons. The summed E-state index contributed by atoms with van der Waals surface area (Å²) in [5, 5.41) is 2.88. The molecule has 1 N–H and O–H groups in total. The molecule has 0 aromatic heterocycles. The Bertz CT molecular complexity index is 915. The molecule has 3 nitrogen and oxygen atoms in total. The van der Waals surface area contributed by atoms with Gasteiger partial charge in [0.1, 0.15) is 5.82 Å². The number of benzene rings is 3. The molecular weight excluding hydrogens is 395 g/mol. The highest BCUT2D eigenvalue weighted by atomic mass is 79.9. The van der Waals surface area contributed by atoms with Crippen LogP contribution in [0.1, 0.15) is 15.9 Å². The van der Waals surface area contributed by atoms with Crippen molar-refractivity contribution in [3.63, 3.8) is 0 Å². The van der Waals surface area contributed by atoms with Crippen LogP contribution in [0.15, 0.2) is 77.3 Å². The molecule has 0 atom stereocenters. The van der Waals surface area contributed by atoms with Crippen molar-refractivity contribution in [1.82, 2.24) is 0 Å². The van der Waals surface area contributed by atoms with Crippen molar-refractivity contribution in [2.75, 3.05) is 17.3 Å². The van der Waals surface area contributed by atoms with E-state index in [0.29, 0.717) is 16.7 Å². The van der Waals surface area contributed by atoms with Crippen LogP contribution in [0.4, 0.5) is 15.8 Å². The van der Waals surface area contributed by atoms with Crippen LogP contribution in [0.5, 0.6) is 0 Å². The molecule has 0 aliphatic carbocycles. The number of para-hydroxylation sites is 2. The minimum absolute atomic E-state index is 0.255. The van der Waals surface area contributed by atoms with E-state index in [1.165, 1.54) is 23.8 Å². The third-order valence-electron chi connectivity index (χ3n) is 4.00. The van der Waals surface area contributed by atoms with Crippen LogP contribution in [0, 0.1) is 5.82 Å². The maximum atomic E-state index is 13.5. The zero-order valence-corrected chi connectivity index (χ0v) is 15.8. The van der Waals surface area contributed by atoms with Crippen LogP contribution < -0.4 is 10.2 Å². The minimum atomic E-state index is -0.451. The fraction of sp³-hybridized carbons (Fsp3) is 0.0952. The van der Waals surface area contributed by atoms with Crippen molar-refractivity contribution in [2.24, 2.45) is 0 Å². The second-order valence-electron chi connectivity index (χ2n) is 5.94. The summed E-state index contributed by atoms with van der Waals surface area (Å²) in [4.78, 5) is 14.7. The number of carbonyl (C=O) groups excluding carboxylic acids is 1. The van der Waals surface area contributed by atoms with Crippen LogP contribution in [0.25, 0.3) is 0 Å². The molecule has 0 fully saturated rings. The van der Waals surface area contributed by atoms with E-state index in [-0.39, 0.29) is 11.5 Å². The van der Waals surface area contributed by atoms with Gasteiger partial charge in [0.05, 0.1) is 16.9 Å². The van der Waals surface area contributed by atoms with Crippen molar-refractivity contribution in [3.05, 3.63) is 94.2 Å². The molecule has 0 bridgehead atoms. The van der Waals surface area contributed by atoms with Gasteiger partial charge in [-0.25, -0.2) is 4.39 Å². The summed E-state index contributed by atoms with van der Waals surface area (Å²) in [6, 6.07) is 21.7. The normalized spacial score (nSPS) is 10.4. The molecule has 0 spiro atoms. The van der Waals surface area contributed by atoms with Gasteiger partial charge in [0.15, 0.2) is 0 Å².